The summed E-state index contributed by atoms with van der Waals surface area (Å²) in [7, 11) is 2.05. The van der Waals surface area contributed by atoms with E-state index in [9.17, 15) is 14.0 Å². The van der Waals surface area contributed by atoms with Gasteiger partial charge in [0.05, 0.1) is 17.4 Å². The van der Waals surface area contributed by atoms with Gasteiger partial charge >= 0.3 is 0 Å². The molecular formula is C33H39F2N7O2. The van der Waals surface area contributed by atoms with E-state index in [1.165, 1.54) is 18.3 Å². The van der Waals surface area contributed by atoms with Crippen molar-refractivity contribution in [3.8, 4) is 0 Å². The maximum absolute atomic E-state index is 15.2. The number of anilines is 4. The maximum atomic E-state index is 15.2. The molecule has 1 aromatic heterocycles. The maximum Gasteiger partial charge on any atom is 0.271 e. The van der Waals surface area contributed by atoms with Crippen molar-refractivity contribution in [3.05, 3.63) is 71.1 Å². The van der Waals surface area contributed by atoms with Crippen LogP contribution in [0.15, 0.2) is 42.6 Å². The van der Waals surface area contributed by atoms with Gasteiger partial charge in [0.1, 0.15) is 17.5 Å². The van der Waals surface area contributed by atoms with E-state index in [-0.39, 0.29) is 47.1 Å². The summed E-state index contributed by atoms with van der Waals surface area (Å²) in [5.41, 5.74) is 7.61. The van der Waals surface area contributed by atoms with E-state index >= 15 is 4.39 Å². The zero-order valence-electron chi connectivity index (χ0n) is 25.2. The molecule has 1 saturated carbocycles. The standard InChI is InChI=1S/C33H39F2N7O2/c1-20-22(17-29(43)25-9-7-23(16-26(25)34)21-5-6-21)4-3-11-42(20)30-19-37-31(32(36)44)33(39-30)38-24-8-10-28(27(35)18-24)41-14-12-40(2)13-15-41/h7-10,16,18-22H,3-6,11-15,17H2,1-2H3,(H2,36,44)(H,38,39)/t20-,22+/m1/s1. The van der Waals surface area contributed by atoms with Crippen LogP contribution in [0.25, 0.3) is 0 Å². The van der Waals surface area contributed by atoms with Crippen LogP contribution in [-0.4, -0.2) is 72.4 Å². The molecule has 0 bridgehead atoms. The minimum Gasteiger partial charge on any atom is -0.367 e. The number of primary amides is 1. The van der Waals surface area contributed by atoms with Gasteiger partial charge in [-0.05, 0) is 87.4 Å². The first-order chi connectivity index (χ1) is 21.2. The number of benzene rings is 2. The van der Waals surface area contributed by atoms with Crippen LogP contribution in [0.5, 0.6) is 0 Å². The average Bonchev–Trinajstić information content (AvgIpc) is 3.85. The molecule has 2 aliphatic heterocycles. The average molecular weight is 604 g/mol. The van der Waals surface area contributed by atoms with Crippen LogP contribution in [-0.2, 0) is 0 Å². The second-order valence-electron chi connectivity index (χ2n) is 12.3. The molecule has 3 fully saturated rings. The van der Waals surface area contributed by atoms with Crippen LogP contribution in [0.1, 0.15) is 71.4 Å². The topological polar surface area (TPSA) is 108 Å². The molecular weight excluding hydrogens is 564 g/mol. The van der Waals surface area contributed by atoms with Gasteiger partial charge in [0.2, 0.25) is 0 Å². The van der Waals surface area contributed by atoms with E-state index in [4.69, 9.17) is 10.7 Å². The number of amides is 1. The lowest BCUT2D eigenvalue weighted by Crippen LogP contribution is -2.44. The van der Waals surface area contributed by atoms with Crippen molar-refractivity contribution in [1.82, 2.24) is 14.9 Å². The fourth-order valence-corrected chi connectivity index (χ4v) is 6.41. The number of piperidine rings is 1. The number of nitrogens with zero attached hydrogens (tertiary/aromatic N) is 5. The third-order valence-electron chi connectivity index (χ3n) is 9.28. The molecule has 2 atom stereocenters. The lowest BCUT2D eigenvalue weighted by Gasteiger charge is -2.40. The highest BCUT2D eigenvalue weighted by Gasteiger charge is 2.32. The number of halogens is 2. The van der Waals surface area contributed by atoms with Gasteiger partial charge in [-0.2, -0.15) is 0 Å². The molecule has 0 spiro atoms. The van der Waals surface area contributed by atoms with Crippen LogP contribution < -0.4 is 20.9 Å². The fourth-order valence-electron chi connectivity index (χ4n) is 6.41. The Hall–Kier alpha value is -4.12. The minimum atomic E-state index is -0.758. The molecule has 232 valence electrons. The molecule has 1 aliphatic carbocycles. The first-order valence-corrected chi connectivity index (χ1v) is 15.4. The van der Waals surface area contributed by atoms with Crippen LogP contribution in [0.4, 0.5) is 31.8 Å². The number of hydrogen-bond donors (Lipinski definition) is 2. The third kappa shape index (κ3) is 6.38. The summed E-state index contributed by atoms with van der Waals surface area (Å²) in [6.45, 7) is 5.89. The largest absolute Gasteiger partial charge is 0.367 e. The second kappa shape index (κ2) is 12.5. The summed E-state index contributed by atoms with van der Waals surface area (Å²) < 4.78 is 30.0. The van der Waals surface area contributed by atoms with Crippen molar-refractivity contribution in [2.45, 2.75) is 51.0 Å². The molecule has 0 unspecified atom stereocenters. The number of carbonyl (C=O) groups is 2. The molecule has 0 radical (unpaired) electrons. The number of ketones is 1. The van der Waals surface area contributed by atoms with Crippen molar-refractivity contribution in [2.24, 2.45) is 11.7 Å². The lowest BCUT2D eigenvalue weighted by atomic mass is 9.84. The highest BCUT2D eigenvalue weighted by molar-refractivity contribution is 5.97. The number of Topliss-reactive ketones (excluding diaryl/α,β-unsaturated/α-hetero) is 1. The summed E-state index contributed by atoms with van der Waals surface area (Å²) in [6, 6.07) is 9.78. The smallest absolute Gasteiger partial charge is 0.271 e. The molecule has 44 heavy (non-hydrogen) atoms. The van der Waals surface area contributed by atoms with Gasteiger partial charge in [0.25, 0.3) is 5.91 Å². The summed E-state index contributed by atoms with van der Waals surface area (Å²) in [5, 5.41) is 3.05. The van der Waals surface area contributed by atoms with Gasteiger partial charge in [-0.15, -0.1) is 0 Å². The third-order valence-corrected chi connectivity index (χ3v) is 9.28. The number of carbonyl (C=O) groups excluding carboxylic acids is 2. The van der Waals surface area contributed by atoms with Crippen molar-refractivity contribution < 1.29 is 18.4 Å². The fraction of sp³-hybridized carbons (Fsp3) is 0.455. The van der Waals surface area contributed by atoms with Gasteiger partial charge in [-0.3, -0.25) is 9.59 Å². The van der Waals surface area contributed by atoms with Crippen molar-refractivity contribution >= 4 is 34.7 Å². The Balaban J connectivity index is 1.18. The van der Waals surface area contributed by atoms with Crippen LogP contribution in [0.2, 0.25) is 0 Å². The summed E-state index contributed by atoms with van der Waals surface area (Å²) in [4.78, 5) is 40.7. The Kier molecular flexibility index (Phi) is 8.48. The Morgan fingerprint density at radius 3 is 2.45 bits per heavy atom. The minimum absolute atomic E-state index is 0.0241. The van der Waals surface area contributed by atoms with Gasteiger partial charge in [-0.25, -0.2) is 18.7 Å². The molecule has 3 heterocycles. The van der Waals surface area contributed by atoms with Gasteiger partial charge in [0.15, 0.2) is 17.3 Å². The molecule has 2 aromatic carbocycles. The molecule has 1 amide bonds. The first-order valence-electron chi connectivity index (χ1n) is 15.4. The number of hydrogen-bond acceptors (Lipinski definition) is 8. The number of likely N-dealkylation sites (N-methyl/N-ethyl adjacent to an activating group) is 1. The number of piperazine rings is 1. The Morgan fingerprint density at radius 1 is 1.00 bits per heavy atom. The van der Waals surface area contributed by atoms with E-state index in [1.807, 2.05) is 29.8 Å². The molecule has 2 saturated heterocycles. The van der Waals surface area contributed by atoms with E-state index < -0.39 is 11.7 Å². The van der Waals surface area contributed by atoms with Gasteiger partial charge in [0, 0.05) is 50.9 Å². The van der Waals surface area contributed by atoms with Crippen molar-refractivity contribution in [2.75, 3.05) is 54.9 Å². The quantitative estimate of drug-likeness (QED) is 0.325. The van der Waals surface area contributed by atoms with E-state index in [1.54, 1.807) is 18.2 Å². The van der Waals surface area contributed by atoms with Crippen molar-refractivity contribution in [3.63, 3.8) is 0 Å². The highest BCUT2D eigenvalue weighted by Crippen LogP contribution is 2.40. The van der Waals surface area contributed by atoms with E-state index in [0.29, 0.717) is 29.7 Å². The zero-order valence-corrected chi connectivity index (χ0v) is 25.2. The number of rotatable bonds is 9. The Bertz CT molecular complexity index is 1560. The summed E-state index contributed by atoms with van der Waals surface area (Å²) >= 11 is 0. The second-order valence-corrected chi connectivity index (χ2v) is 12.3. The summed E-state index contributed by atoms with van der Waals surface area (Å²) in [6.07, 6.45) is 5.49. The van der Waals surface area contributed by atoms with Crippen LogP contribution >= 0.6 is 0 Å². The lowest BCUT2D eigenvalue weighted by molar-refractivity contribution is 0.0940. The van der Waals surface area contributed by atoms with Crippen LogP contribution in [0, 0.1) is 17.6 Å². The predicted molar refractivity (Wildman–Crippen MR) is 167 cm³/mol. The first kappa shape index (κ1) is 29.9. The number of nitrogens with two attached hydrogens (primary N) is 1. The zero-order chi connectivity index (χ0) is 31.0. The van der Waals surface area contributed by atoms with Gasteiger partial charge in [-0.1, -0.05) is 6.07 Å². The SMILES string of the molecule is C[C@@H]1[C@H](CC(=O)c2ccc(C3CC3)cc2F)CCCN1c1cnc(C(N)=O)c(Nc2ccc(N3CCN(C)CC3)c(F)c2)n1. The van der Waals surface area contributed by atoms with Gasteiger partial charge < -0.3 is 25.8 Å². The number of nitrogens with one attached hydrogen (secondary N) is 1. The normalized spacial score (nSPS) is 20.9. The molecule has 3 N–H and O–H groups in total. The Labute approximate surface area is 256 Å². The molecule has 3 aliphatic rings. The van der Waals surface area contributed by atoms with E-state index in [2.05, 4.69) is 15.2 Å². The van der Waals surface area contributed by atoms with E-state index in [0.717, 1.165) is 57.4 Å². The molecule has 11 heteroatoms. The molecule has 6 rings (SSSR count). The van der Waals surface area contributed by atoms with Crippen molar-refractivity contribution in [1.29, 1.82) is 0 Å². The summed E-state index contributed by atoms with van der Waals surface area (Å²) in [5.74, 6) is -0.751. The highest BCUT2D eigenvalue weighted by atomic mass is 19.1. The number of aromatic nitrogens is 2. The predicted octanol–water partition coefficient (Wildman–Crippen LogP) is 5.10. The molecule has 9 nitrogen and oxygen atoms in total. The molecule has 3 aromatic rings. The van der Waals surface area contributed by atoms with Crippen LogP contribution in [0.3, 0.4) is 0 Å². The Morgan fingerprint density at radius 2 is 1.77 bits per heavy atom. The monoisotopic (exact) mass is 603 g/mol.